The SMILES string of the molecule is CCCCC/C=C\CCCCCCCC(=O)NC(COP(=O)([O-])OCC[N+](C)(C)C)C(O)/C=C/CCCCCCCC. The Morgan fingerprint density at radius 1 is 0.810 bits per heavy atom. The van der Waals surface area contributed by atoms with Crippen molar-refractivity contribution in [3.63, 3.8) is 0 Å². The number of phosphoric acid groups is 1. The molecule has 0 fully saturated rings. The van der Waals surface area contributed by atoms with E-state index in [4.69, 9.17) is 9.05 Å². The zero-order valence-corrected chi connectivity index (χ0v) is 28.6. The number of phosphoric ester groups is 1. The molecule has 42 heavy (non-hydrogen) atoms. The van der Waals surface area contributed by atoms with Crippen LogP contribution >= 0.6 is 7.82 Å². The lowest BCUT2D eigenvalue weighted by Crippen LogP contribution is -2.45. The third-order valence-corrected chi connectivity index (χ3v) is 8.12. The van der Waals surface area contributed by atoms with Crippen LogP contribution in [0.1, 0.15) is 129 Å². The second-order valence-corrected chi connectivity index (χ2v) is 13.9. The van der Waals surface area contributed by atoms with E-state index >= 15 is 0 Å². The lowest BCUT2D eigenvalue weighted by Gasteiger charge is -2.29. The third kappa shape index (κ3) is 27.8. The Morgan fingerprint density at radius 3 is 1.90 bits per heavy atom. The topological polar surface area (TPSA) is 108 Å². The summed E-state index contributed by atoms with van der Waals surface area (Å²) >= 11 is 0. The normalized spacial score (nSPS) is 15.3. The van der Waals surface area contributed by atoms with Crippen LogP contribution in [0.3, 0.4) is 0 Å². The van der Waals surface area contributed by atoms with Gasteiger partial charge < -0.3 is 28.8 Å². The molecule has 0 radical (unpaired) electrons. The highest BCUT2D eigenvalue weighted by Gasteiger charge is 2.23. The summed E-state index contributed by atoms with van der Waals surface area (Å²) in [4.78, 5) is 25.0. The number of carbonyl (C=O) groups excluding carboxylic acids is 1. The molecule has 0 aromatic rings. The standard InChI is InChI=1S/C33H65N2O6P/c1-6-8-10-12-14-16-17-18-19-21-23-25-27-33(37)34-31(30-41-42(38,39)40-29-28-35(3,4)5)32(36)26-24-22-20-15-13-11-9-7-2/h14,16,24,26,31-32,36H,6-13,15,17-23,25,27-30H2,1-5H3,(H-,34,37,38,39)/b16-14-,26-24+. The maximum absolute atomic E-state index is 12.7. The van der Waals surface area contributed by atoms with Crippen molar-refractivity contribution in [1.29, 1.82) is 0 Å². The first-order chi connectivity index (χ1) is 20.0. The lowest BCUT2D eigenvalue weighted by molar-refractivity contribution is -0.870. The van der Waals surface area contributed by atoms with E-state index in [1.54, 1.807) is 6.08 Å². The van der Waals surface area contributed by atoms with Crippen molar-refractivity contribution >= 4 is 13.7 Å². The zero-order chi connectivity index (χ0) is 31.5. The predicted molar refractivity (Wildman–Crippen MR) is 173 cm³/mol. The Kier molecular flexibility index (Phi) is 25.7. The van der Waals surface area contributed by atoms with Crippen molar-refractivity contribution in [2.45, 2.75) is 142 Å². The smallest absolute Gasteiger partial charge is 0.268 e. The van der Waals surface area contributed by atoms with Crippen LogP contribution in [-0.4, -0.2) is 68.5 Å². The van der Waals surface area contributed by atoms with Gasteiger partial charge in [-0.3, -0.25) is 9.36 Å². The lowest BCUT2D eigenvalue weighted by atomic mass is 10.1. The number of amides is 1. The molecule has 0 aliphatic heterocycles. The summed E-state index contributed by atoms with van der Waals surface area (Å²) in [5, 5.41) is 13.6. The summed E-state index contributed by atoms with van der Waals surface area (Å²) in [5.41, 5.74) is 0. The molecule has 248 valence electrons. The fraction of sp³-hybridized carbons (Fsp3) is 0.848. The van der Waals surface area contributed by atoms with E-state index in [0.717, 1.165) is 51.4 Å². The van der Waals surface area contributed by atoms with Crippen LogP contribution in [0.25, 0.3) is 0 Å². The molecule has 2 N–H and O–H groups in total. The van der Waals surface area contributed by atoms with Gasteiger partial charge in [0.05, 0.1) is 39.9 Å². The zero-order valence-electron chi connectivity index (χ0n) is 27.7. The van der Waals surface area contributed by atoms with Gasteiger partial charge in [-0.05, 0) is 44.9 Å². The molecule has 0 saturated carbocycles. The Labute approximate surface area is 258 Å². The van der Waals surface area contributed by atoms with Crippen LogP contribution in [0.4, 0.5) is 0 Å². The molecule has 0 rings (SSSR count). The summed E-state index contributed by atoms with van der Waals surface area (Å²) in [6.45, 7) is 4.53. The summed E-state index contributed by atoms with van der Waals surface area (Å²) in [6.07, 6.45) is 26.5. The first kappa shape index (κ1) is 41.0. The Hall–Kier alpha value is -1.02. The van der Waals surface area contributed by atoms with Crippen molar-refractivity contribution in [1.82, 2.24) is 5.32 Å². The molecule has 3 unspecified atom stereocenters. The Bertz CT molecular complexity index is 753. The molecule has 1 amide bonds. The molecule has 0 bridgehead atoms. The van der Waals surface area contributed by atoms with Gasteiger partial charge in [0.15, 0.2) is 0 Å². The van der Waals surface area contributed by atoms with E-state index in [2.05, 4.69) is 31.3 Å². The van der Waals surface area contributed by atoms with Crippen LogP contribution in [0.5, 0.6) is 0 Å². The number of rotatable bonds is 29. The van der Waals surface area contributed by atoms with Gasteiger partial charge in [0.2, 0.25) is 5.91 Å². The van der Waals surface area contributed by atoms with Crippen LogP contribution in [0.2, 0.25) is 0 Å². The van der Waals surface area contributed by atoms with E-state index in [0.29, 0.717) is 17.4 Å². The number of allylic oxidation sites excluding steroid dienone is 3. The number of likely N-dealkylation sites (N-methyl/N-ethyl adjacent to an activating group) is 1. The molecule has 0 spiro atoms. The maximum Gasteiger partial charge on any atom is 0.268 e. The van der Waals surface area contributed by atoms with Gasteiger partial charge in [-0.15, -0.1) is 0 Å². The number of unbranched alkanes of at least 4 members (excludes halogenated alkanes) is 14. The van der Waals surface area contributed by atoms with Crippen LogP contribution < -0.4 is 10.2 Å². The average molecular weight is 617 g/mol. The fourth-order valence-electron chi connectivity index (χ4n) is 4.38. The summed E-state index contributed by atoms with van der Waals surface area (Å²) in [5.74, 6) is -0.214. The van der Waals surface area contributed by atoms with E-state index in [-0.39, 0.29) is 19.1 Å². The minimum absolute atomic E-state index is 0.00272. The molecule has 0 aromatic carbocycles. The van der Waals surface area contributed by atoms with E-state index < -0.39 is 20.0 Å². The van der Waals surface area contributed by atoms with Gasteiger partial charge in [-0.1, -0.05) is 102 Å². The summed E-state index contributed by atoms with van der Waals surface area (Å²) < 4.78 is 22.9. The highest BCUT2D eigenvalue weighted by atomic mass is 31.2. The quantitative estimate of drug-likeness (QED) is 0.0398. The first-order valence-corrected chi connectivity index (χ1v) is 18.2. The molecule has 0 aliphatic rings. The molecule has 3 atom stereocenters. The summed E-state index contributed by atoms with van der Waals surface area (Å²) in [6, 6.07) is -0.883. The number of nitrogens with zero attached hydrogens (tertiary/aromatic N) is 1. The molecule has 9 heteroatoms. The molecular formula is C33H65N2O6P. The molecule has 0 saturated heterocycles. The first-order valence-electron chi connectivity index (χ1n) is 16.7. The molecular weight excluding hydrogens is 551 g/mol. The van der Waals surface area contributed by atoms with E-state index in [9.17, 15) is 19.4 Å². The fourth-order valence-corrected chi connectivity index (χ4v) is 5.10. The molecule has 0 heterocycles. The second-order valence-electron chi connectivity index (χ2n) is 12.5. The van der Waals surface area contributed by atoms with Crippen LogP contribution in [0, 0.1) is 0 Å². The van der Waals surface area contributed by atoms with Gasteiger partial charge in [0.1, 0.15) is 13.2 Å². The number of carbonyl (C=O) groups is 1. The van der Waals surface area contributed by atoms with Crippen molar-refractivity contribution in [2.24, 2.45) is 0 Å². The van der Waals surface area contributed by atoms with Crippen molar-refractivity contribution < 1.29 is 32.9 Å². The number of hydrogen-bond donors (Lipinski definition) is 2. The van der Waals surface area contributed by atoms with Crippen LogP contribution in [-0.2, 0) is 18.4 Å². The third-order valence-electron chi connectivity index (χ3n) is 7.16. The maximum atomic E-state index is 12.7. The number of nitrogens with one attached hydrogen (secondary N) is 1. The number of quaternary nitrogens is 1. The number of aliphatic hydroxyl groups is 1. The molecule has 8 nitrogen and oxygen atoms in total. The number of hydrogen-bond acceptors (Lipinski definition) is 6. The van der Waals surface area contributed by atoms with Gasteiger partial charge >= 0.3 is 0 Å². The molecule has 0 aliphatic carbocycles. The minimum atomic E-state index is -4.57. The van der Waals surface area contributed by atoms with Crippen molar-refractivity contribution in [3.05, 3.63) is 24.3 Å². The van der Waals surface area contributed by atoms with Crippen LogP contribution in [0.15, 0.2) is 24.3 Å². The largest absolute Gasteiger partial charge is 0.756 e. The summed E-state index contributed by atoms with van der Waals surface area (Å²) in [7, 11) is 1.25. The number of aliphatic hydroxyl groups excluding tert-OH is 1. The van der Waals surface area contributed by atoms with E-state index in [1.807, 2.05) is 27.2 Å². The van der Waals surface area contributed by atoms with Gasteiger partial charge in [-0.2, -0.15) is 0 Å². The van der Waals surface area contributed by atoms with E-state index in [1.165, 1.54) is 57.8 Å². The highest BCUT2D eigenvalue weighted by molar-refractivity contribution is 7.45. The minimum Gasteiger partial charge on any atom is -0.756 e. The van der Waals surface area contributed by atoms with Gasteiger partial charge in [0, 0.05) is 6.42 Å². The Morgan fingerprint density at radius 2 is 1.31 bits per heavy atom. The monoisotopic (exact) mass is 616 g/mol. The van der Waals surface area contributed by atoms with Gasteiger partial charge in [0.25, 0.3) is 7.82 Å². The highest BCUT2D eigenvalue weighted by Crippen LogP contribution is 2.38. The predicted octanol–water partition coefficient (Wildman–Crippen LogP) is 7.21. The average Bonchev–Trinajstić information content (AvgIpc) is 2.92. The van der Waals surface area contributed by atoms with Crippen molar-refractivity contribution in [3.8, 4) is 0 Å². The van der Waals surface area contributed by atoms with Crippen molar-refractivity contribution in [2.75, 3.05) is 40.9 Å². The second kappa shape index (κ2) is 26.4. The Balaban J connectivity index is 4.61. The van der Waals surface area contributed by atoms with Gasteiger partial charge in [-0.25, -0.2) is 0 Å². The molecule has 0 aromatic heterocycles.